The smallest absolute Gasteiger partial charge is 0.223 e. The SMILES string of the molecule is Cc1nc(-c2ccc3c(c2)CC/C3=N\O)no1.Cc1nc(-c2ccc3c(c2)CCC3N)no1. The van der Waals surface area contributed by atoms with Crippen LogP contribution >= 0.6 is 0 Å². The lowest BCUT2D eigenvalue weighted by Gasteiger charge is -2.04. The summed E-state index contributed by atoms with van der Waals surface area (Å²) in [6.45, 7) is 3.56. The van der Waals surface area contributed by atoms with E-state index in [9.17, 15) is 0 Å². The van der Waals surface area contributed by atoms with Crippen molar-refractivity contribution in [3.63, 3.8) is 0 Å². The molecular formula is C24H24N6O3. The molecule has 0 spiro atoms. The summed E-state index contributed by atoms with van der Waals surface area (Å²) in [6.07, 6.45) is 3.74. The molecule has 0 saturated heterocycles. The molecule has 0 radical (unpaired) electrons. The zero-order valence-corrected chi connectivity index (χ0v) is 18.4. The van der Waals surface area contributed by atoms with Crippen LogP contribution in [0.15, 0.2) is 50.6 Å². The molecule has 1 unspecified atom stereocenters. The van der Waals surface area contributed by atoms with Gasteiger partial charge in [-0.25, -0.2) is 0 Å². The Kier molecular flexibility index (Phi) is 5.47. The number of nitrogens with zero attached hydrogens (tertiary/aromatic N) is 5. The summed E-state index contributed by atoms with van der Waals surface area (Å²) in [5.41, 5.74) is 13.4. The van der Waals surface area contributed by atoms with Crippen LogP contribution in [0.3, 0.4) is 0 Å². The first-order valence-electron chi connectivity index (χ1n) is 10.9. The van der Waals surface area contributed by atoms with Gasteiger partial charge in [-0.2, -0.15) is 9.97 Å². The second-order valence-electron chi connectivity index (χ2n) is 8.25. The van der Waals surface area contributed by atoms with Crippen LogP contribution < -0.4 is 5.73 Å². The van der Waals surface area contributed by atoms with Gasteiger partial charge in [0.05, 0.1) is 5.71 Å². The van der Waals surface area contributed by atoms with E-state index in [4.69, 9.17) is 20.0 Å². The van der Waals surface area contributed by atoms with Crippen LogP contribution in [0.4, 0.5) is 0 Å². The average molecular weight is 444 g/mol. The second-order valence-corrected chi connectivity index (χ2v) is 8.25. The Morgan fingerprint density at radius 3 is 2.12 bits per heavy atom. The van der Waals surface area contributed by atoms with Crippen molar-refractivity contribution in [3.8, 4) is 22.8 Å². The van der Waals surface area contributed by atoms with E-state index in [-0.39, 0.29) is 6.04 Å². The Hall–Kier alpha value is -3.85. The highest BCUT2D eigenvalue weighted by Gasteiger charge is 2.20. The van der Waals surface area contributed by atoms with Gasteiger partial charge in [-0.05, 0) is 54.5 Å². The fraction of sp³-hybridized carbons (Fsp3) is 0.292. The highest BCUT2D eigenvalue weighted by molar-refractivity contribution is 6.04. The van der Waals surface area contributed by atoms with E-state index in [2.05, 4.69) is 37.6 Å². The first-order chi connectivity index (χ1) is 16.0. The number of hydrogen-bond donors (Lipinski definition) is 2. The standard InChI is InChI=1S/C12H11N3O2.C12H13N3O/c1-7-13-12(15-17-7)9-2-4-10-8(6-9)3-5-11(10)14-16;1-7-14-12(15-16-7)9-2-4-10-8(6-9)3-5-11(10)13/h2,4,6,16H,3,5H2,1H3;2,4,6,11H,3,5,13H2,1H3/b14-11+;. The Labute approximate surface area is 190 Å². The molecule has 0 aliphatic heterocycles. The summed E-state index contributed by atoms with van der Waals surface area (Å²) in [5.74, 6) is 2.39. The van der Waals surface area contributed by atoms with Crippen molar-refractivity contribution < 1.29 is 14.3 Å². The first kappa shape index (κ1) is 21.0. The third-order valence-corrected chi connectivity index (χ3v) is 6.01. The Bertz CT molecular complexity index is 1340. The van der Waals surface area contributed by atoms with Crippen molar-refractivity contribution in [2.24, 2.45) is 10.9 Å². The normalized spacial score (nSPS) is 17.5. The zero-order chi connectivity index (χ0) is 22.9. The van der Waals surface area contributed by atoms with Gasteiger partial charge in [-0.3, -0.25) is 0 Å². The van der Waals surface area contributed by atoms with Crippen molar-refractivity contribution in [1.82, 2.24) is 20.3 Å². The van der Waals surface area contributed by atoms with E-state index in [0.717, 1.165) is 53.6 Å². The monoisotopic (exact) mass is 444 g/mol. The van der Waals surface area contributed by atoms with E-state index in [1.54, 1.807) is 13.8 Å². The molecule has 2 aliphatic carbocycles. The van der Waals surface area contributed by atoms with E-state index < -0.39 is 0 Å². The topological polar surface area (TPSA) is 136 Å². The second kappa shape index (κ2) is 8.59. The molecule has 2 aliphatic rings. The van der Waals surface area contributed by atoms with Gasteiger partial charge in [0, 0.05) is 36.6 Å². The lowest BCUT2D eigenvalue weighted by molar-refractivity contribution is 0.318. The Morgan fingerprint density at radius 1 is 0.879 bits per heavy atom. The summed E-state index contributed by atoms with van der Waals surface area (Å²) < 4.78 is 9.93. The third-order valence-electron chi connectivity index (χ3n) is 6.01. The van der Waals surface area contributed by atoms with Crippen molar-refractivity contribution in [1.29, 1.82) is 0 Å². The molecular weight excluding hydrogens is 420 g/mol. The number of nitrogens with two attached hydrogens (primary N) is 1. The summed E-state index contributed by atoms with van der Waals surface area (Å²) in [7, 11) is 0. The minimum Gasteiger partial charge on any atom is -0.411 e. The van der Waals surface area contributed by atoms with Gasteiger partial charge < -0.3 is 20.0 Å². The average Bonchev–Trinajstić information content (AvgIpc) is 3.61. The lowest BCUT2D eigenvalue weighted by Crippen LogP contribution is -2.04. The third kappa shape index (κ3) is 4.14. The van der Waals surface area contributed by atoms with Crippen LogP contribution in [-0.2, 0) is 12.8 Å². The molecule has 3 N–H and O–H groups in total. The minimum absolute atomic E-state index is 0.191. The maximum atomic E-state index is 8.85. The van der Waals surface area contributed by atoms with Gasteiger partial charge in [0.2, 0.25) is 23.4 Å². The molecule has 0 amide bonds. The van der Waals surface area contributed by atoms with Gasteiger partial charge in [0.1, 0.15) is 0 Å². The highest BCUT2D eigenvalue weighted by atomic mass is 16.5. The first-order valence-corrected chi connectivity index (χ1v) is 10.9. The minimum atomic E-state index is 0.191. The van der Waals surface area contributed by atoms with Gasteiger partial charge in [0.25, 0.3) is 0 Å². The predicted molar refractivity (Wildman–Crippen MR) is 121 cm³/mol. The van der Waals surface area contributed by atoms with E-state index >= 15 is 0 Å². The number of benzene rings is 2. The highest BCUT2D eigenvalue weighted by Crippen LogP contribution is 2.32. The number of fused-ring (bicyclic) bond motifs is 2. The van der Waals surface area contributed by atoms with Gasteiger partial charge in [0.15, 0.2) is 0 Å². The maximum absolute atomic E-state index is 8.85. The van der Waals surface area contributed by atoms with Gasteiger partial charge >= 0.3 is 0 Å². The Balaban J connectivity index is 0.000000139. The predicted octanol–water partition coefficient (Wildman–Crippen LogP) is 4.16. The van der Waals surface area contributed by atoms with Crippen molar-refractivity contribution >= 4 is 5.71 Å². The van der Waals surface area contributed by atoms with Crippen LogP contribution in [0.2, 0.25) is 0 Å². The molecule has 2 aromatic carbocycles. The molecule has 2 aromatic heterocycles. The number of aromatic nitrogens is 4. The summed E-state index contributed by atoms with van der Waals surface area (Å²) in [4.78, 5) is 8.40. The quantitative estimate of drug-likeness (QED) is 0.347. The van der Waals surface area contributed by atoms with Crippen LogP contribution in [-0.4, -0.2) is 31.2 Å². The van der Waals surface area contributed by atoms with E-state index in [1.165, 1.54) is 11.1 Å². The molecule has 2 heterocycles. The molecule has 9 heteroatoms. The fourth-order valence-corrected chi connectivity index (χ4v) is 4.34. The van der Waals surface area contributed by atoms with Crippen LogP contribution in [0, 0.1) is 13.8 Å². The lowest BCUT2D eigenvalue weighted by atomic mass is 10.0. The molecule has 6 rings (SSSR count). The fourth-order valence-electron chi connectivity index (χ4n) is 4.34. The molecule has 0 saturated carbocycles. The van der Waals surface area contributed by atoms with Crippen LogP contribution in [0.25, 0.3) is 22.8 Å². The number of oxime groups is 1. The number of aryl methyl sites for hydroxylation is 4. The van der Waals surface area contributed by atoms with Crippen molar-refractivity contribution in [3.05, 3.63) is 70.4 Å². The largest absolute Gasteiger partial charge is 0.411 e. The van der Waals surface area contributed by atoms with Gasteiger partial charge in [-0.15, -0.1) is 0 Å². The molecule has 1 atom stereocenters. The number of rotatable bonds is 2. The molecule has 0 bridgehead atoms. The van der Waals surface area contributed by atoms with Crippen LogP contribution in [0.5, 0.6) is 0 Å². The van der Waals surface area contributed by atoms with E-state index in [1.807, 2.05) is 24.3 Å². The molecule has 0 fully saturated rings. The summed E-state index contributed by atoms with van der Waals surface area (Å²) >= 11 is 0. The molecule has 4 aromatic rings. The van der Waals surface area contributed by atoms with E-state index in [0.29, 0.717) is 23.4 Å². The molecule has 9 nitrogen and oxygen atoms in total. The molecule has 33 heavy (non-hydrogen) atoms. The molecule has 168 valence electrons. The van der Waals surface area contributed by atoms with Crippen molar-refractivity contribution in [2.75, 3.05) is 0 Å². The van der Waals surface area contributed by atoms with Crippen molar-refractivity contribution in [2.45, 2.75) is 45.6 Å². The zero-order valence-electron chi connectivity index (χ0n) is 18.4. The summed E-state index contributed by atoms with van der Waals surface area (Å²) in [6, 6.07) is 12.3. The number of hydrogen-bond acceptors (Lipinski definition) is 9. The van der Waals surface area contributed by atoms with Gasteiger partial charge in [-0.1, -0.05) is 39.7 Å². The Morgan fingerprint density at radius 2 is 1.52 bits per heavy atom. The maximum Gasteiger partial charge on any atom is 0.223 e. The van der Waals surface area contributed by atoms with Crippen LogP contribution in [0.1, 0.15) is 52.9 Å². The summed E-state index contributed by atoms with van der Waals surface area (Å²) in [5, 5.41) is 20.0.